The fraction of sp³-hybridized carbons (Fsp3) is 0.323. The van der Waals surface area contributed by atoms with Gasteiger partial charge in [0.1, 0.15) is 5.75 Å². The predicted molar refractivity (Wildman–Crippen MR) is 165 cm³/mol. The zero-order valence-corrected chi connectivity index (χ0v) is 25.3. The molecule has 3 aromatic carbocycles. The number of hydrazone groups is 1. The standard InChI is InChI=1S/C31H37BrN4O5/c1-4-40-18-16-36(17-19-41-5-2)22-24-6-10-25(11-7-24)30(37)34-29-15-12-26(32)20-28(29)31(38)35-33-21-23-8-13-27(39-3)14-9-23/h6-15,20-21H,4-5,16-19,22H2,1-3H3,(H,34,37)(H,35,38)/b33-21+. The summed E-state index contributed by atoms with van der Waals surface area (Å²) in [5.41, 5.74) is 5.52. The number of hydrogen-bond acceptors (Lipinski definition) is 7. The van der Waals surface area contributed by atoms with Crippen LogP contribution in [0.25, 0.3) is 0 Å². The molecule has 0 aromatic heterocycles. The summed E-state index contributed by atoms with van der Waals surface area (Å²) in [4.78, 5) is 28.3. The van der Waals surface area contributed by atoms with Crippen LogP contribution in [-0.4, -0.2) is 69.6 Å². The van der Waals surface area contributed by atoms with Crippen molar-refractivity contribution in [3.05, 3.63) is 93.5 Å². The van der Waals surface area contributed by atoms with Crippen LogP contribution in [0, 0.1) is 0 Å². The molecule has 218 valence electrons. The normalized spacial score (nSPS) is 11.1. The highest BCUT2D eigenvalue weighted by molar-refractivity contribution is 9.10. The van der Waals surface area contributed by atoms with Crippen LogP contribution in [0.4, 0.5) is 5.69 Å². The molecule has 0 unspecified atom stereocenters. The number of nitrogens with zero attached hydrogens (tertiary/aromatic N) is 2. The van der Waals surface area contributed by atoms with Crippen molar-refractivity contribution in [3.63, 3.8) is 0 Å². The second-order valence-electron chi connectivity index (χ2n) is 8.98. The molecule has 0 radical (unpaired) electrons. The number of rotatable bonds is 16. The van der Waals surface area contributed by atoms with Gasteiger partial charge in [0.2, 0.25) is 0 Å². The minimum Gasteiger partial charge on any atom is -0.497 e. The lowest BCUT2D eigenvalue weighted by Gasteiger charge is -2.22. The number of amides is 2. The summed E-state index contributed by atoms with van der Waals surface area (Å²) in [5.74, 6) is -0.0487. The first-order valence-corrected chi connectivity index (χ1v) is 14.3. The number of nitrogens with one attached hydrogen (secondary N) is 2. The van der Waals surface area contributed by atoms with E-state index in [-0.39, 0.29) is 11.5 Å². The first-order valence-electron chi connectivity index (χ1n) is 13.5. The molecule has 0 saturated heterocycles. The number of carbonyl (C=O) groups is 2. The van der Waals surface area contributed by atoms with Gasteiger partial charge in [0.25, 0.3) is 11.8 Å². The lowest BCUT2D eigenvalue weighted by molar-refractivity contribution is 0.0798. The molecule has 0 saturated carbocycles. The Morgan fingerprint density at radius 3 is 2.17 bits per heavy atom. The maximum atomic E-state index is 13.1. The van der Waals surface area contributed by atoms with E-state index in [0.717, 1.165) is 36.5 Å². The second kappa shape index (κ2) is 17.3. The van der Waals surface area contributed by atoms with Crippen molar-refractivity contribution in [3.8, 4) is 5.75 Å². The molecular formula is C31H37BrN4O5. The van der Waals surface area contributed by atoms with Gasteiger partial charge in [-0.25, -0.2) is 5.43 Å². The molecule has 0 fully saturated rings. The van der Waals surface area contributed by atoms with Gasteiger partial charge in [0, 0.05) is 42.9 Å². The number of halogens is 1. The Bertz CT molecular complexity index is 1270. The summed E-state index contributed by atoms with van der Waals surface area (Å²) in [6.07, 6.45) is 1.53. The fourth-order valence-electron chi connectivity index (χ4n) is 3.89. The SMILES string of the molecule is CCOCCN(CCOCC)Cc1ccc(C(=O)Nc2ccc(Br)cc2C(=O)N/N=C/c2ccc(OC)cc2)cc1. The van der Waals surface area contributed by atoms with Crippen molar-refractivity contribution in [1.82, 2.24) is 10.3 Å². The number of methoxy groups -OCH3 is 1. The van der Waals surface area contributed by atoms with Crippen LogP contribution >= 0.6 is 15.9 Å². The highest BCUT2D eigenvalue weighted by Gasteiger charge is 2.15. The van der Waals surface area contributed by atoms with Crippen molar-refractivity contribution < 1.29 is 23.8 Å². The largest absolute Gasteiger partial charge is 0.497 e. The van der Waals surface area contributed by atoms with Crippen LogP contribution < -0.4 is 15.5 Å². The number of anilines is 1. The van der Waals surface area contributed by atoms with Crippen molar-refractivity contribution >= 4 is 39.6 Å². The second-order valence-corrected chi connectivity index (χ2v) is 9.90. The summed E-state index contributed by atoms with van der Waals surface area (Å²) >= 11 is 3.40. The highest BCUT2D eigenvalue weighted by atomic mass is 79.9. The van der Waals surface area contributed by atoms with Gasteiger partial charge in [-0.3, -0.25) is 14.5 Å². The quantitative estimate of drug-likeness (QED) is 0.127. The Morgan fingerprint density at radius 2 is 1.56 bits per heavy atom. The monoisotopic (exact) mass is 624 g/mol. The molecular weight excluding hydrogens is 588 g/mol. The van der Waals surface area contributed by atoms with E-state index >= 15 is 0 Å². The van der Waals surface area contributed by atoms with Crippen LogP contribution in [0.5, 0.6) is 5.75 Å². The molecule has 0 heterocycles. The van der Waals surface area contributed by atoms with E-state index in [1.807, 2.05) is 38.1 Å². The summed E-state index contributed by atoms with van der Waals surface area (Å²) in [5, 5.41) is 6.90. The van der Waals surface area contributed by atoms with E-state index in [0.29, 0.717) is 42.2 Å². The molecule has 0 aliphatic carbocycles. The van der Waals surface area contributed by atoms with Gasteiger partial charge in [-0.15, -0.1) is 0 Å². The Morgan fingerprint density at radius 1 is 0.902 bits per heavy atom. The fourth-order valence-corrected chi connectivity index (χ4v) is 4.25. The molecule has 0 atom stereocenters. The average Bonchev–Trinajstić information content (AvgIpc) is 2.98. The van der Waals surface area contributed by atoms with E-state index < -0.39 is 5.91 Å². The number of carbonyl (C=O) groups excluding carboxylic acids is 2. The molecule has 0 bridgehead atoms. The minimum absolute atomic E-state index is 0.274. The van der Waals surface area contributed by atoms with Gasteiger partial charge < -0.3 is 19.5 Å². The highest BCUT2D eigenvalue weighted by Crippen LogP contribution is 2.22. The van der Waals surface area contributed by atoms with E-state index in [9.17, 15) is 9.59 Å². The molecule has 3 aromatic rings. The summed E-state index contributed by atoms with van der Waals surface area (Å²) in [7, 11) is 1.60. The van der Waals surface area contributed by atoms with Crippen molar-refractivity contribution in [2.75, 3.05) is 51.9 Å². The van der Waals surface area contributed by atoms with Crippen LogP contribution in [0.15, 0.2) is 76.3 Å². The van der Waals surface area contributed by atoms with Gasteiger partial charge in [0.15, 0.2) is 0 Å². The van der Waals surface area contributed by atoms with Gasteiger partial charge in [-0.1, -0.05) is 28.1 Å². The Kier molecular flexibility index (Phi) is 13.5. The molecule has 0 aliphatic rings. The zero-order chi connectivity index (χ0) is 29.5. The minimum atomic E-state index is -0.457. The third kappa shape index (κ3) is 10.7. The lowest BCUT2D eigenvalue weighted by atomic mass is 10.1. The third-order valence-corrected chi connectivity index (χ3v) is 6.60. The van der Waals surface area contributed by atoms with Crippen molar-refractivity contribution in [1.29, 1.82) is 0 Å². The van der Waals surface area contributed by atoms with Gasteiger partial charge in [-0.2, -0.15) is 5.10 Å². The van der Waals surface area contributed by atoms with Gasteiger partial charge in [-0.05, 0) is 79.6 Å². The zero-order valence-electron chi connectivity index (χ0n) is 23.7. The van der Waals surface area contributed by atoms with Crippen LogP contribution in [-0.2, 0) is 16.0 Å². The van der Waals surface area contributed by atoms with Crippen molar-refractivity contribution in [2.24, 2.45) is 5.10 Å². The molecule has 10 heteroatoms. The maximum Gasteiger partial charge on any atom is 0.273 e. The summed E-state index contributed by atoms with van der Waals surface area (Å²) in [6.45, 7) is 8.94. The van der Waals surface area contributed by atoms with Crippen LogP contribution in [0.2, 0.25) is 0 Å². The molecule has 3 rings (SSSR count). The smallest absolute Gasteiger partial charge is 0.273 e. The Balaban J connectivity index is 1.63. The summed E-state index contributed by atoms with van der Waals surface area (Å²) < 4.78 is 16.9. The molecule has 2 amide bonds. The number of ether oxygens (including phenoxy) is 3. The molecule has 9 nitrogen and oxygen atoms in total. The lowest BCUT2D eigenvalue weighted by Crippen LogP contribution is -2.30. The van der Waals surface area contributed by atoms with Gasteiger partial charge >= 0.3 is 0 Å². The van der Waals surface area contributed by atoms with E-state index in [1.54, 1.807) is 49.6 Å². The first-order chi connectivity index (χ1) is 19.9. The predicted octanol–water partition coefficient (Wildman–Crippen LogP) is 5.35. The average molecular weight is 626 g/mol. The van der Waals surface area contributed by atoms with Crippen molar-refractivity contribution in [2.45, 2.75) is 20.4 Å². The topological polar surface area (TPSA) is 101 Å². The summed E-state index contributed by atoms with van der Waals surface area (Å²) in [6, 6.07) is 19.8. The molecule has 0 spiro atoms. The van der Waals surface area contributed by atoms with E-state index in [4.69, 9.17) is 14.2 Å². The Labute approximate surface area is 250 Å². The third-order valence-electron chi connectivity index (χ3n) is 6.10. The first kappa shape index (κ1) is 32.0. The molecule has 2 N–H and O–H groups in total. The van der Waals surface area contributed by atoms with E-state index in [1.165, 1.54) is 6.21 Å². The van der Waals surface area contributed by atoms with Crippen LogP contribution in [0.1, 0.15) is 45.7 Å². The number of hydrogen-bond donors (Lipinski definition) is 2. The van der Waals surface area contributed by atoms with E-state index in [2.05, 4.69) is 36.7 Å². The van der Waals surface area contributed by atoms with Gasteiger partial charge in [0.05, 0.1) is 37.8 Å². The van der Waals surface area contributed by atoms with Crippen LogP contribution in [0.3, 0.4) is 0 Å². The maximum absolute atomic E-state index is 13.1. The number of benzene rings is 3. The molecule has 0 aliphatic heterocycles. The Hall–Kier alpha value is -3.57. The molecule has 41 heavy (non-hydrogen) atoms.